The number of benzene rings is 1. The molecular weight excluding hydrogens is 245 g/mol. The highest BCUT2D eigenvalue weighted by Gasteiger charge is 2.08. The van der Waals surface area contributed by atoms with E-state index < -0.39 is 12.4 Å². The minimum Gasteiger partial charge on any atom is -0.389 e. The molecule has 0 bridgehead atoms. The molecule has 1 N–H and O–H groups in total. The summed E-state index contributed by atoms with van der Waals surface area (Å²) in [6.45, 7) is -0.548. The Morgan fingerprint density at radius 3 is 2.88 bits per heavy atom. The van der Waals surface area contributed by atoms with Gasteiger partial charge in [0, 0.05) is 18.0 Å². The summed E-state index contributed by atoms with van der Waals surface area (Å²) in [7, 11) is 0. The van der Waals surface area contributed by atoms with Crippen LogP contribution in [0.25, 0.3) is 10.9 Å². The Morgan fingerprint density at radius 2 is 2.18 bits per heavy atom. The molecule has 88 valence electrons. The Balaban J connectivity index is 2.50. The van der Waals surface area contributed by atoms with Gasteiger partial charge in [0.25, 0.3) is 0 Å². The number of hydrogen-bond donors (Lipinski definition) is 1. The second kappa shape index (κ2) is 4.77. The molecule has 0 spiro atoms. The molecule has 3 nitrogen and oxygen atoms in total. The van der Waals surface area contributed by atoms with Gasteiger partial charge in [-0.05, 0) is 23.8 Å². The van der Waals surface area contributed by atoms with Crippen LogP contribution in [0.3, 0.4) is 0 Å². The van der Waals surface area contributed by atoms with Gasteiger partial charge in [-0.2, -0.15) is 0 Å². The van der Waals surface area contributed by atoms with Crippen molar-refractivity contribution in [3.8, 4) is 0 Å². The van der Waals surface area contributed by atoms with Crippen LogP contribution in [0.1, 0.15) is 5.56 Å². The second-order valence-corrected chi connectivity index (χ2v) is 4.11. The number of pyridine rings is 1. The largest absolute Gasteiger partial charge is 0.389 e. The molecule has 0 saturated carbocycles. The lowest BCUT2D eigenvalue weighted by Gasteiger charge is -2.04. The third-order valence-corrected chi connectivity index (χ3v) is 2.55. The van der Waals surface area contributed by atoms with Gasteiger partial charge in [0.15, 0.2) is 5.78 Å². The average molecular weight is 254 g/mol. The van der Waals surface area contributed by atoms with Crippen LogP contribution in [0, 0.1) is 5.82 Å². The molecule has 0 aliphatic carbocycles. The minimum absolute atomic E-state index is 0.00409. The van der Waals surface area contributed by atoms with Crippen molar-refractivity contribution in [1.82, 2.24) is 4.98 Å². The summed E-state index contributed by atoms with van der Waals surface area (Å²) < 4.78 is 13.7. The fourth-order valence-corrected chi connectivity index (χ4v) is 1.79. The highest BCUT2D eigenvalue weighted by Crippen LogP contribution is 2.21. The van der Waals surface area contributed by atoms with Crippen molar-refractivity contribution >= 4 is 28.3 Å². The standard InChI is InChI=1S/C12H9ClFNO2/c13-9-4-8-1-7(2-10(17)6-16)3-11(14)12(8)15-5-9/h1,3-5,16H,2,6H2. The number of hydrogen-bond acceptors (Lipinski definition) is 3. The van der Waals surface area contributed by atoms with Gasteiger partial charge in [-0.1, -0.05) is 11.6 Å². The summed E-state index contributed by atoms with van der Waals surface area (Å²) in [5.41, 5.74) is 0.715. The Hall–Kier alpha value is -1.52. The summed E-state index contributed by atoms with van der Waals surface area (Å²) in [5.74, 6) is -0.862. The Bertz CT molecular complexity index is 586. The van der Waals surface area contributed by atoms with Crippen LogP contribution in [0.2, 0.25) is 5.02 Å². The maximum absolute atomic E-state index is 13.7. The predicted octanol–water partition coefficient (Wildman–Crippen LogP) is 2.13. The van der Waals surface area contributed by atoms with E-state index in [-0.39, 0.29) is 17.7 Å². The molecule has 0 fully saturated rings. The SMILES string of the molecule is O=C(CO)Cc1cc(F)c2ncc(Cl)cc2c1. The number of rotatable bonds is 3. The molecule has 0 atom stereocenters. The Kier molecular flexibility index (Phi) is 3.36. The number of nitrogens with zero attached hydrogens (tertiary/aromatic N) is 1. The summed E-state index contributed by atoms with van der Waals surface area (Å²) in [4.78, 5) is 15.0. The molecular formula is C12H9ClFNO2. The van der Waals surface area contributed by atoms with Gasteiger partial charge in [-0.3, -0.25) is 9.78 Å². The number of aliphatic hydroxyl groups excluding tert-OH is 1. The van der Waals surface area contributed by atoms with Gasteiger partial charge < -0.3 is 5.11 Å². The molecule has 2 aromatic rings. The van der Waals surface area contributed by atoms with Crippen molar-refractivity contribution in [1.29, 1.82) is 0 Å². The van der Waals surface area contributed by atoms with Crippen LogP contribution >= 0.6 is 11.6 Å². The molecule has 0 aliphatic heterocycles. The molecule has 0 radical (unpaired) electrons. The molecule has 17 heavy (non-hydrogen) atoms. The van der Waals surface area contributed by atoms with Crippen molar-refractivity contribution in [2.75, 3.05) is 6.61 Å². The van der Waals surface area contributed by atoms with Crippen LogP contribution in [-0.2, 0) is 11.2 Å². The first-order valence-corrected chi connectivity index (χ1v) is 5.34. The van der Waals surface area contributed by atoms with E-state index in [1.807, 2.05) is 0 Å². The molecule has 0 saturated heterocycles. The summed E-state index contributed by atoms with van der Waals surface area (Å²) in [6.07, 6.45) is 1.36. The molecule has 0 amide bonds. The van der Waals surface area contributed by atoms with Crippen molar-refractivity contribution in [2.24, 2.45) is 0 Å². The smallest absolute Gasteiger partial charge is 0.162 e. The van der Waals surface area contributed by atoms with Gasteiger partial charge >= 0.3 is 0 Å². The number of carbonyl (C=O) groups is 1. The first-order valence-electron chi connectivity index (χ1n) is 4.96. The second-order valence-electron chi connectivity index (χ2n) is 3.68. The number of carbonyl (C=O) groups excluding carboxylic acids is 1. The fraction of sp³-hybridized carbons (Fsp3) is 0.167. The Labute approximate surface area is 102 Å². The third-order valence-electron chi connectivity index (χ3n) is 2.34. The van der Waals surface area contributed by atoms with Crippen LogP contribution < -0.4 is 0 Å². The van der Waals surface area contributed by atoms with E-state index in [1.165, 1.54) is 12.3 Å². The Morgan fingerprint density at radius 1 is 1.41 bits per heavy atom. The van der Waals surface area contributed by atoms with Crippen molar-refractivity contribution in [3.05, 3.63) is 40.8 Å². The summed E-state index contributed by atoms with van der Waals surface area (Å²) >= 11 is 5.76. The topological polar surface area (TPSA) is 50.2 Å². The van der Waals surface area contributed by atoms with E-state index in [0.29, 0.717) is 16.0 Å². The quantitative estimate of drug-likeness (QED) is 0.912. The van der Waals surface area contributed by atoms with Crippen LogP contribution in [0.4, 0.5) is 4.39 Å². The average Bonchev–Trinajstić information content (AvgIpc) is 2.28. The molecule has 1 aromatic heterocycles. The first-order chi connectivity index (χ1) is 8.10. The predicted molar refractivity (Wildman–Crippen MR) is 62.5 cm³/mol. The highest BCUT2D eigenvalue weighted by atomic mass is 35.5. The highest BCUT2D eigenvalue weighted by molar-refractivity contribution is 6.31. The molecule has 0 aliphatic rings. The van der Waals surface area contributed by atoms with E-state index in [2.05, 4.69) is 4.98 Å². The van der Waals surface area contributed by atoms with Crippen LogP contribution in [0.15, 0.2) is 24.4 Å². The number of aromatic nitrogens is 1. The zero-order chi connectivity index (χ0) is 12.4. The van der Waals surface area contributed by atoms with E-state index in [1.54, 1.807) is 12.1 Å². The third kappa shape index (κ3) is 2.60. The van der Waals surface area contributed by atoms with Gasteiger partial charge in [-0.15, -0.1) is 0 Å². The van der Waals surface area contributed by atoms with Crippen molar-refractivity contribution < 1.29 is 14.3 Å². The molecule has 2 rings (SSSR count). The maximum atomic E-state index is 13.7. The van der Waals surface area contributed by atoms with Gasteiger partial charge in [0.2, 0.25) is 0 Å². The minimum atomic E-state index is -0.548. The van der Waals surface area contributed by atoms with Crippen LogP contribution in [0.5, 0.6) is 0 Å². The zero-order valence-corrected chi connectivity index (χ0v) is 9.54. The van der Waals surface area contributed by atoms with Crippen molar-refractivity contribution in [2.45, 2.75) is 6.42 Å². The van der Waals surface area contributed by atoms with E-state index >= 15 is 0 Å². The normalized spacial score (nSPS) is 10.8. The molecule has 1 aromatic carbocycles. The van der Waals surface area contributed by atoms with Crippen LogP contribution in [-0.4, -0.2) is 22.5 Å². The maximum Gasteiger partial charge on any atom is 0.162 e. The molecule has 1 heterocycles. The number of aliphatic hydroxyl groups is 1. The lowest BCUT2D eigenvalue weighted by molar-refractivity contribution is -0.121. The van der Waals surface area contributed by atoms with E-state index in [4.69, 9.17) is 16.7 Å². The van der Waals surface area contributed by atoms with Crippen molar-refractivity contribution in [3.63, 3.8) is 0 Å². The summed E-state index contributed by atoms with van der Waals surface area (Å²) in [5, 5.41) is 9.59. The fourth-order valence-electron chi connectivity index (χ4n) is 1.62. The van der Waals surface area contributed by atoms with E-state index in [0.717, 1.165) is 0 Å². The number of Topliss-reactive ketones (excluding diaryl/α,β-unsaturated/α-hetero) is 1. The monoisotopic (exact) mass is 253 g/mol. The van der Waals surface area contributed by atoms with E-state index in [9.17, 15) is 9.18 Å². The van der Waals surface area contributed by atoms with Gasteiger partial charge in [-0.25, -0.2) is 4.39 Å². The number of fused-ring (bicyclic) bond motifs is 1. The molecule has 5 heteroatoms. The lowest BCUT2D eigenvalue weighted by Crippen LogP contribution is -2.07. The summed E-state index contributed by atoms with van der Waals surface area (Å²) in [6, 6.07) is 4.47. The zero-order valence-electron chi connectivity index (χ0n) is 8.78. The number of ketones is 1. The molecule has 0 unspecified atom stereocenters. The number of halogens is 2. The lowest BCUT2D eigenvalue weighted by atomic mass is 10.1. The van der Waals surface area contributed by atoms with Gasteiger partial charge in [0.1, 0.15) is 17.9 Å². The van der Waals surface area contributed by atoms with Gasteiger partial charge in [0.05, 0.1) is 5.02 Å². The first kappa shape index (κ1) is 12.0.